The second kappa shape index (κ2) is 3.90. The Labute approximate surface area is 88.2 Å². The molecule has 4 nitrogen and oxygen atoms in total. The Hall–Kier alpha value is -1.55. The van der Waals surface area contributed by atoms with Crippen molar-refractivity contribution in [2.45, 2.75) is 6.10 Å². The number of aliphatic hydroxyl groups excluding tert-OH is 1. The summed E-state index contributed by atoms with van der Waals surface area (Å²) in [4.78, 5) is 4.07. The molecule has 15 heavy (non-hydrogen) atoms. The summed E-state index contributed by atoms with van der Waals surface area (Å²) in [6, 6.07) is 3.63. The molecule has 0 fully saturated rings. The van der Waals surface area contributed by atoms with Gasteiger partial charge in [0, 0.05) is 11.8 Å². The van der Waals surface area contributed by atoms with Crippen LogP contribution < -0.4 is 9.47 Å². The topological polar surface area (TPSA) is 51.0 Å². The van der Waals surface area contributed by atoms with Gasteiger partial charge in [0.2, 0.25) is 0 Å². The molecular weight excluding hydrogens is 194 g/mol. The van der Waals surface area contributed by atoms with Gasteiger partial charge in [-0.3, -0.25) is 4.99 Å². The zero-order chi connectivity index (χ0) is 10.8. The summed E-state index contributed by atoms with van der Waals surface area (Å²) in [6.45, 7) is 0.405. The number of hydrogen-bond donors (Lipinski definition) is 1. The van der Waals surface area contributed by atoms with Gasteiger partial charge < -0.3 is 14.6 Å². The van der Waals surface area contributed by atoms with Crippen molar-refractivity contribution >= 4 is 6.21 Å². The quantitative estimate of drug-likeness (QED) is 0.792. The number of nitrogens with zero attached hydrogens (tertiary/aromatic N) is 1. The molecule has 2 rings (SSSR count). The first kappa shape index (κ1) is 9.98. The molecule has 1 heterocycles. The average Bonchev–Trinajstić information content (AvgIpc) is 2.28. The molecular formula is C11H13NO3. The highest BCUT2D eigenvalue weighted by Gasteiger charge is 2.20. The first-order valence-corrected chi connectivity index (χ1v) is 4.70. The maximum atomic E-state index is 9.73. The van der Waals surface area contributed by atoms with E-state index in [4.69, 9.17) is 9.47 Å². The summed E-state index contributed by atoms with van der Waals surface area (Å²) >= 11 is 0. The maximum Gasteiger partial charge on any atom is 0.169 e. The summed E-state index contributed by atoms with van der Waals surface area (Å²) < 4.78 is 10.4. The van der Waals surface area contributed by atoms with E-state index in [0.29, 0.717) is 18.0 Å². The highest BCUT2D eigenvalue weighted by atomic mass is 16.5. The van der Waals surface area contributed by atoms with E-state index < -0.39 is 6.10 Å². The van der Waals surface area contributed by atoms with E-state index in [1.54, 1.807) is 26.5 Å². The van der Waals surface area contributed by atoms with Crippen molar-refractivity contribution in [1.29, 1.82) is 0 Å². The number of aliphatic imine (C=N–C) groups is 1. The molecule has 0 radical (unpaired) electrons. The predicted octanol–water partition coefficient (Wildman–Crippen LogP) is 1.17. The third-order valence-electron chi connectivity index (χ3n) is 2.48. The van der Waals surface area contributed by atoms with E-state index >= 15 is 0 Å². The number of aliphatic hydroxyl groups is 1. The summed E-state index contributed by atoms with van der Waals surface area (Å²) in [5.74, 6) is 1.27. The highest BCUT2D eigenvalue weighted by Crippen LogP contribution is 2.36. The Morgan fingerprint density at radius 2 is 2.13 bits per heavy atom. The van der Waals surface area contributed by atoms with Gasteiger partial charge in [0.15, 0.2) is 11.5 Å². The molecule has 1 aromatic carbocycles. The van der Waals surface area contributed by atoms with Crippen molar-refractivity contribution in [3.05, 3.63) is 23.3 Å². The fourth-order valence-corrected chi connectivity index (χ4v) is 1.73. The van der Waals surface area contributed by atoms with E-state index in [-0.39, 0.29) is 0 Å². The van der Waals surface area contributed by atoms with Gasteiger partial charge in [-0.1, -0.05) is 6.07 Å². The van der Waals surface area contributed by atoms with Crippen LogP contribution in [0.15, 0.2) is 17.1 Å². The second-order valence-electron chi connectivity index (χ2n) is 3.31. The highest BCUT2D eigenvalue weighted by molar-refractivity contribution is 5.88. The van der Waals surface area contributed by atoms with E-state index in [0.717, 1.165) is 11.1 Å². The number of fused-ring (bicyclic) bond motifs is 1. The molecule has 0 amide bonds. The normalized spacial score (nSPS) is 18.5. The maximum absolute atomic E-state index is 9.73. The molecule has 0 bridgehead atoms. The molecule has 0 saturated heterocycles. The van der Waals surface area contributed by atoms with Crippen LogP contribution in [0.2, 0.25) is 0 Å². The third-order valence-corrected chi connectivity index (χ3v) is 2.48. The number of hydrogen-bond acceptors (Lipinski definition) is 4. The smallest absolute Gasteiger partial charge is 0.169 e. The van der Waals surface area contributed by atoms with Crippen molar-refractivity contribution < 1.29 is 14.6 Å². The van der Waals surface area contributed by atoms with Gasteiger partial charge in [-0.05, 0) is 11.6 Å². The summed E-state index contributed by atoms with van der Waals surface area (Å²) in [6.07, 6.45) is 1.16. The van der Waals surface area contributed by atoms with Crippen molar-refractivity contribution in [2.24, 2.45) is 4.99 Å². The molecule has 1 aromatic rings. The van der Waals surface area contributed by atoms with Gasteiger partial charge in [-0.15, -0.1) is 0 Å². The zero-order valence-corrected chi connectivity index (χ0v) is 8.73. The molecule has 0 saturated carbocycles. The van der Waals surface area contributed by atoms with Gasteiger partial charge in [0.05, 0.1) is 26.9 Å². The van der Waals surface area contributed by atoms with Crippen molar-refractivity contribution in [3.8, 4) is 11.5 Å². The molecule has 1 N–H and O–H groups in total. The minimum absolute atomic E-state index is 0.405. The SMILES string of the molecule is COc1ccc2c(c1OC)C=NCC2O. The molecule has 80 valence electrons. The van der Waals surface area contributed by atoms with Crippen LogP contribution in [0.1, 0.15) is 17.2 Å². The number of benzene rings is 1. The molecule has 0 spiro atoms. The Balaban J connectivity index is 2.60. The van der Waals surface area contributed by atoms with Crippen molar-refractivity contribution in [1.82, 2.24) is 0 Å². The van der Waals surface area contributed by atoms with Gasteiger partial charge in [0.1, 0.15) is 0 Å². The molecule has 0 aromatic heterocycles. The van der Waals surface area contributed by atoms with E-state index in [2.05, 4.69) is 4.99 Å². The van der Waals surface area contributed by atoms with Gasteiger partial charge in [-0.25, -0.2) is 0 Å². The molecule has 1 aliphatic rings. The van der Waals surface area contributed by atoms with Crippen LogP contribution >= 0.6 is 0 Å². The van der Waals surface area contributed by atoms with Crippen molar-refractivity contribution in [2.75, 3.05) is 20.8 Å². The Morgan fingerprint density at radius 3 is 2.80 bits per heavy atom. The molecule has 1 aliphatic heterocycles. The van der Waals surface area contributed by atoms with Gasteiger partial charge >= 0.3 is 0 Å². The largest absolute Gasteiger partial charge is 0.493 e. The van der Waals surface area contributed by atoms with Gasteiger partial charge in [0.25, 0.3) is 0 Å². The van der Waals surface area contributed by atoms with Crippen LogP contribution in [0.25, 0.3) is 0 Å². The third kappa shape index (κ3) is 1.57. The molecule has 4 heteroatoms. The Morgan fingerprint density at radius 1 is 1.33 bits per heavy atom. The number of rotatable bonds is 2. The number of methoxy groups -OCH3 is 2. The lowest BCUT2D eigenvalue weighted by Crippen LogP contribution is -2.12. The molecule has 0 aliphatic carbocycles. The lowest BCUT2D eigenvalue weighted by Gasteiger charge is -2.19. The summed E-state index contributed by atoms with van der Waals surface area (Å²) in [5.41, 5.74) is 1.64. The van der Waals surface area contributed by atoms with E-state index in [9.17, 15) is 5.11 Å². The van der Waals surface area contributed by atoms with Crippen molar-refractivity contribution in [3.63, 3.8) is 0 Å². The predicted molar refractivity (Wildman–Crippen MR) is 57.0 cm³/mol. The van der Waals surface area contributed by atoms with Crippen LogP contribution in [-0.2, 0) is 0 Å². The zero-order valence-electron chi connectivity index (χ0n) is 8.73. The fourth-order valence-electron chi connectivity index (χ4n) is 1.73. The van der Waals surface area contributed by atoms with E-state index in [1.807, 2.05) is 6.07 Å². The first-order valence-electron chi connectivity index (χ1n) is 4.70. The van der Waals surface area contributed by atoms with Crippen LogP contribution in [0.3, 0.4) is 0 Å². The first-order chi connectivity index (χ1) is 7.27. The lowest BCUT2D eigenvalue weighted by molar-refractivity contribution is 0.185. The van der Waals surface area contributed by atoms with Gasteiger partial charge in [-0.2, -0.15) is 0 Å². The van der Waals surface area contributed by atoms with Crippen LogP contribution in [0.4, 0.5) is 0 Å². The van der Waals surface area contributed by atoms with Crippen LogP contribution in [-0.4, -0.2) is 32.1 Å². The van der Waals surface area contributed by atoms with E-state index in [1.165, 1.54) is 0 Å². The summed E-state index contributed by atoms with van der Waals surface area (Å²) in [7, 11) is 3.16. The molecule has 1 atom stereocenters. The standard InChI is InChI=1S/C11H13NO3/c1-14-10-4-3-7-8(11(10)15-2)5-12-6-9(7)13/h3-5,9,13H,6H2,1-2H3. The van der Waals surface area contributed by atoms with Crippen LogP contribution in [0.5, 0.6) is 11.5 Å². The Bertz CT molecular complexity index is 401. The number of ether oxygens (including phenoxy) is 2. The Kier molecular flexibility index (Phi) is 2.60. The second-order valence-corrected chi connectivity index (χ2v) is 3.31. The minimum atomic E-state index is -0.551. The minimum Gasteiger partial charge on any atom is -0.493 e. The average molecular weight is 207 g/mol. The molecule has 1 unspecified atom stereocenters. The van der Waals surface area contributed by atoms with Crippen LogP contribution in [0, 0.1) is 0 Å². The summed E-state index contributed by atoms with van der Waals surface area (Å²) in [5, 5.41) is 9.73. The fraction of sp³-hybridized carbons (Fsp3) is 0.364. The lowest BCUT2D eigenvalue weighted by atomic mass is 9.99. The monoisotopic (exact) mass is 207 g/mol.